The third-order valence-corrected chi connectivity index (χ3v) is 4.40. The van der Waals surface area contributed by atoms with E-state index in [2.05, 4.69) is 11.6 Å². The van der Waals surface area contributed by atoms with Crippen LogP contribution in [0.1, 0.15) is 5.69 Å². The molecule has 0 amide bonds. The van der Waals surface area contributed by atoms with Crippen LogP contribution in [-0.4, -0.2) is 49.4 Å². The van der Waals surface area contributed by atoms with Crippen molar-refractivity contribution in [3.63, 3.8) is 0 Å². The molecule has 0 radical (unpaired) electrons. The second-order valence-electron chi connectivity index (χ2n) is 5.19. The van der Waals surface area contributed by atoms with E-state index >= 15 is 0 Å². The van der Waals surface area contributed by atoms with Gasteiger partial charge in [0.15, 0.2) is 9.84 Å². The van der Waals surface area contributed by atoms with Gasteiger partial charge in [0.2, 0.25) is 5.89 Å². The van der Waals surface area contributed by atoms with Crippen LogP contribution in [0.15, 0.2) is 52.5 Å². The summed E-state index contributed by atoms with van der Waals surface area (Å²) in [5.41, 5.74) is 1.45. The largest absolute Gasteiger partial charge is 0.444 e. The number of rotatable bonds is 8. The maximum absolute atomic E-state index is 11.5. The minimum atomic E-state index is -3.22. The van der Waals surface area contributed by atoms with Gasteiger partial charge in [0.1, 0.15) is 6.26 Å². The molecule has 0 atom stereocenters. The topological polar surface area (TPSA) is 83.6 Å². The molecule has 0 unspecified atom stereocenters. The number of benzene rings is 1. The molecule has 1 aromatic carbocycles. The van der Waals surface area contributed by atoms with Crippen molar-refractivity contribution in [2.24, 2.45) is 0 Å². The monoisotopic (exact) mass is 336 g/mol. The predicted octanol–water partition coefficient (Wildman–Crippen LogP) is 1.73. The zero-order valence-corrected chi connectivity index (χ0v) is 13.8. The van der Waals surface area contributed by atoms with Crippen molar-refractivity contribution in [1.29, 1.82) is 0 Å². The Balaban J connectivity index is 2.13. The summed E-state index contributed by atoms with van der Waals surface area (Å²) in [5.74, 6) is 0.433. The maximum Gasteiger partial charge on any atom is 0.226 e. The first-order valence-electron chi connectivity index (χ1n) is 7.13. The van der Waals surface area contributed by atoms with Gasteiger partial charge in [-0.2, -0.15) is 0 Å². The van der Waals surface area contributed by atoms with Crippen LogP contribution in [-0.2, 0) is 16.4 Å². The molecule has 0 fully saturated rings. The van der Waals surface area contributed by atoms with Gasteiger partial charge in [-0.3, -0.25) is 4.90 Å². The van der Waals surface area contributed by atoms with Crippen LogP contribution in [0, 0.1) is 0 Å². The molecule has 6 nitrogen and oxygen atoms in total. The van der Waals surface area contributed by atoms with Crippen molar-refractivity contribution in [2.75, 3.05) is 26.0 Å². The quantitative estimate of drug-likeness (QED) is 0.739. The summed E-state index contributed by atoms with van der Waals surface area (Å²) in [4.78, 5) is 6.65. The lowest BCUT2D eigenvalue weighted by Gasteiger charge is -2.17. The van der Waals surface area contributed by atoms with Crippen molar-refractivity contribution < 1.29 is 17.9 Å². The molecular formula is C16H20N2O4S. The van der Waals surface area contributed by atoms with Crippen LogP contribution in [0.3, 0.4) is 0 Å². The SMILES string of the molecule is C=CCN(CCO)Cc1coc(-c2ccc(S(C)(=O)=O)cc2)n1. The van der Waals surface area contributed by atoms with E-state index in [1.165, 1.54) is 18.4 Å². The molecule has 0 aliphatic carbocycles. The zero-order valence-electron chi connectivity index (χ0n) is 13.0. The average molecular weight is 336 g/mol. The first-order chi connectivity index (χ1) is 10.9. The van der Waals surface area contributed by atoms with Crippen molar-refractivity contribution in [1.82, 2.24) is 9.88 Å². The number of sulfone groups is 1. The Kier molecular flexibility index (Phi) is 5.70. The summed E-state index contributed by atoms with van der Waals surface area (Å²) in [6, 6.07) is 6.40. The summed E-state index contributed by atoms with van der Waals surface area (Å²) in [6.07, 6.45) is 4.49. The summed E-state index contributed by atoms with van der Waals surface area (Å²) >= 11 is 0. The molecule has 0 saturated carbocycles. The second-order valence-corrected chi connectivity index (χ2v) is 7.20. The highest BCUT2D eigenvalue weighted by Crippen LogP contribution is 2.21. The van der Waals surface area contributed by atoms with Crippen LogP contribution in [0.25, 0.3) is 11.5 Å². The standard InChI is InChI=1S/C16H20N2O4S/c1-3-8-18(9-10-19)11-14-12-22-16(17-14)13-4-6-15(7-5-13)23(2,20)21/h3-7,12,19H,1,8-11H2,2H3. The van der Waals surface area contributed by atoms with Gasteiger partial charge in [0.05, 0.1) is 17.2 Å². The van der Waals surface area contributed by atoms with Crippen molar-refractivity contribution >= 4 is 9.84 Å². The second kappa shape index (κ2) is 7.54. The molecule has 124 valence electrons. The number of nitrogens with zero attached hydrogens (tertiary/aromatic N) is 2. The molecular weight excluding hydrogens is 316 g/mol. The van der Waals surface area contributed by atoms with Crippen LogP contribution >= 0.6 is 0 Å². The molecule has 0 bridgehead atoms. The molecule has 1 heterocycles. The number of oxazole rings is 1. The summed E-state index contributed by atoms with van der Waals surface area (Å²) in [5, 5.41) is 9.05. The van der Waals surface area contributed by atoms with E-state index < -0.39 is 9.84 Å². The Hall–Kier alpha value is -1.96. The molecule has 0 aliphatic heterocycles. The van der Waals surface area contributed by atoms with Gasteiger partial charge >= 0.3 is 0 Å². The van der Waals surface area contributed by atoms with Gasteiger partial charge in [0.25, 0.3) is 0 Å². The minimum Gasteiger partial charge on any atom is -0.444 e. The van der Waals surface area contributed by atoms with Crippen molar-refractivity contribution in [3.05, 3.63) is 48.9 Å². The zero-order chi connectivity index (χ0) is 16.9. The van der Waals surface area contributed by atoms with E-state index in [1.807, 2.05) is 4.90 Å². The molecule has 1 N–H and O–H groups in total. The van der Waals surface area contributed by atoms with E-state index in [9.17, 15) is 8.42 Å². The third-order valence-electron chi connectivity index (χ3n) is 3.27. The van der Waals surface area contributed by atoms with Crippen LogP contribution in [0.2, 0.25) is 0 Å². The Morgan fingerprint density at radius 3 is 2.61 bits per heavy atom. The number of aliphatic hydroxyl groups is 1. The maximum atomic E-state index is 11.5. The van der Waals surface area contributed by atoms with Gasteiger partial charge in [-0.25, -0.2) is 13.4 Å². The van der Waals surface area contributed by atoms with E-state index in [0.29, 0.717) is 31.1 Å². The fourth-order valence-corrected chi connectivity index (χ4v) is 2.78. The minimum absolute atomic E-state index is 0.0610. The lowest BCUT2D eigenvalue weighted by Crippen LogP contribution is -2.26. The summed E-state index contributed by atoms with van der Waals surface area (Å²) in [6.45, 7) is 5.46. The van der Waals surface area contributed by atoms with E-state index in [-0.39, 0.29) is 11.5 Å². The van der Waals surface area contributed by atoms with Gasteiger partial charge in [0, 0.05) is 31.5 Å². The normalized spacial score (nSPS) is 11.8. The van der Waals surface area contributed by atoms with Crippen molar-refractivity contribution in [3.8, 4) is 11.5 Å². The first-order valence-corrected chi connectivity index (χ1v) is 9.02. The molecule has 23 heavy (non-hydrogen) atoms. The fraction of sp³-hybridized carbons (Fsp3) is 0.312. The van der Waals surface area contributed by atoms with Crippen molar-refractivity contribution in [2.45, 2.75) is 11.4 Å². The third kappa shape index (κ3) is 4.75. The number of hydrogen-bond donors (Lipinski definition) is 1. The average Bonchev–Trinajstić information content (AvgIpc) is 2.95. The smallest absolute Gasteiger partial charge is 0.226 e. The van der Waals surface area contributed by atoms with Crippen LogP contribution in [0.5, 0.6) is 0 Å². The molecule has 0 aliphatic rings. The van der Waals surface area contributed by atoms with Gasteiger partial charge in [-0.15, -0.1) is 6.58 Å². The molecule has 0 saturated heterocycles. The summed E-state index contributed by atoms with van der Waals surface area (Å²) in [7, 11) is -3.22. The number of aromatic nitrogens is 1. The molecule has 0 spiro atoms. The lowest BCUT2D eigenvalue weighted by atomic mass is 10.2. The summed E-state index contributed by atoms with van der Waals surface area (Å²) < 4.78 is 28.4. The number of hydrogen-bond acceptors (Lipinski definition) is 6. The van der Waals surface area contributed by atoms with Crippen LogP contribution < -0.4 is 0 Å². The first kappa shape index (κ1) is 17.4. The highest BCUT2D eigenvalue weighted by Gasteiger charge is 2.12. The molecule has 1 aromatic heterocycles. The number of aliphatic hydroxyl groups excluding tert-OH is 1. The molecule has 2 aromatic rings. The molecule has 2 rings (SSSR count). The fourth-order valence-electron chi connectivity index (χ4n) is 2.14. The van der Waals surface area contributed by atoms with Gasteiger partial charge < -0.3 is 9.52 Å². The Bertz CT molecular complexity index is 751. The lowest BCUT2D eigenvalue weighted by molar-refractivity contribution is 0.202. The van der Waals surface area contributed by atoms with Gasteiger partial charge in [-0.1, -0.05) is 6.08 Å². The van der Waals surface area contributed by atoms with E-state index in [0.717, 1.165) is 5.69 Å². The molecule has 7 heteroatoms. The highest BCUT2D eigenvalue weighted by atomic mass is 32.2. The Morgan fingerprint density at radius 1 is 1.35 bits per heavy atom. The van der Waals surface area contributed by atoms with Crippen LogP contribution in [0.4, 0.5) is 0 Å². The van der Waals surface area contributed by atoms with Gasteiger partial charge in [-0.05, 0) is 24.3 Å². The Morgan fingerprint density at radius 2 is 2.04 bits per heavy atom. The predicted molar refractivity (Wildman–Crippen MR) is 87.6 cm³/mol. The van der Waals surface area contributed by atoms with E-state index in [4.69, 9.17) is 9.52 Å². The highest BCUT2D eigenvalue weighted by molar-refractivity contribution is 7.90. The Labute approximate surface area is 136 Å². The van der Waals surface area contributed by atoms with E-state index in [1.54, 1.807) is 24.5 Å².